The van der Waals surface area contributed by atoms with Gasteiger partial charge in [0.1, 0.15) is 5.75 Å². The molecule has 4 nitrogen and oxygen atoms in total. The molecule has 0 spiro atoms. The van der Waals surface area contributed by atoms with E-state index in [0.717, 1.165) is 34.5 Å². The maximum absolute atomic E-state index is 5.87. The van der Waals surface area contributed by atoms with Crippen LogP contribution >= 0.6 is 15.9 Å². The zero-order valence-corrected chi connectivity index (χ0v) is 13.0. The Labute approximate surface area is 126 Å². The zero-order chi connectivity index (χ0) is 13.9. The topological polar surface area (TPSA) is 48.2 Å². The number of hydrogen-bond donors (Lipinski definition) is 0. The number of aromatic nitrogens is 2. The number of nitrogens with zero attached hydrogens (tertiary/aromatic N) is 2. The van der Waals surface area contributed by atoms with E-state index in [1.165, 1.54) is 19.3 Å². The molecule has 0 atom stereocenters. The Bertz CT molecular complexity index is 591. The molecule has 2 aromatic rings. The fourth-order valence-electron chi connectivity index (χ4n) is 2.70. The van der Waals surface area contributed by atoms with Gasteiger partial charge >= 0.3 is 0 Å². The first kappa shape index (κ1) is 13.6. The molecular weight excluding hydrogens is 320 g/mol. The molecule has 1 aromatic carbocycles. The van der Waals surface area contributed by atoms with Gasteiger partial charge in [0.2, 0.25) is 5.89 Å². The number of benzene rings is 1. The SMILES string of the molecule is COc1cc(Br)ccc1-c1nnc(C2CCCCC2)o1. The van der Waals surface area contributed by atoms with E-state index in [9.17, 15) is 0 Å². The second kappa shape index (κ2) is 5.95. The Kier molecular flexibility index (Phi) is 4.05. The summed E-state index contributed by atoms with van der Waals surface area (Å²) in [4.78, 5) is 0. The molecule has 0 amide bonds. The summed E-state index contributed by atoms with van der Waals surface area (Å²) < 4.78 is 12.2. The van der Waals surface area contributed by atoms with Gasteiger partial charge in [0, 0.05) is 10.4 Å². The molecule has 20 heavy (non-hydrogen) atoms. The van der Waals surface area contributed by atoms with E-state index >= 15 is 0 Å². The van der Waals surface area contributed by atoms with Crippen LogP contribution in [-0.2, 0) is 0 Å². The van der Waals surface area contributed by atoms with Crippen LogP contribution in [0.2, 0.25) is 0 Å². The van der Waals surface area contributed by atoms with Gasteiger partial charge in [-0.2, -0.15) is 0 Å². The summed E-state index contributed by atoms with van der Waals surface area (Å²) in [5.41, 5.74) is 0.838. The third-order valence-electron chi connectivity index (χ3n) is 3.79. The molecule has 0 saturated heterocycles. The van der Waals surface area contributed by atoms with Gasteiger partial charge < -0.3 is 9.15 Å². The third-order valence-corrected chi connectivity index (χ3v) is 4.28. The van der Waals surface area contributed by atoms with Crippen LogP contribution in [0, 0.1) is 0 Å². The molecule has 1 fully saturated rings. The number of methoxy groups -OCH3 is 1. The lowest BCUT2D eigenvalue weighted by molar-refractivity contribution is 0.366. The second-order valence-corrected chi connectivity index (χ2v) is 6.04. The Hall–Kier alpha value is -1.36. The molecule has 5 heteroatoms. The Balaban J connectivity index is 1.89. The normalized spacial score (nSPS) is 16.3. The van der Waals surface area contributed by atoms with E-state index in [4.69, 9.17) is 9.15 Å². The van der Waals surface area contributed by atoms with Crippen LogP contribution in [0.25, 0.3) is 11.5 Å². The maximum Gasteiger partial charge on any atom is 0.251 e. The van der Waals surface area contributed by atoms with E-state index in [1.807, 2.05) is 18.2 Å². The molecular formula is C15H17BrN2O2. The Morgan fingerprint density at radius 3 is 2.75 bits per heavy atom. The first-order valence-corrected chi connectivity index (χ1v) is 7.74. The van der Waals surface area contributed by atoms with Crippen molar-refractivity contribution in [1.82, 2.24) is 10.2 Å². The number of rotatable bonds is 3. The van der Waals surface area contributed by atoms with Crippen molar-refractivity contribution in [3.8, 4) is 17.2 Å². The average molecular weight is 337 g/mol. The highest BCUT2D eigenvalue weighted by molar-refractivity contribution is 9.10. The minimum absolute atomic E-state index is 0.423. The van der Waals surface area contributed by atoms with Crippen molar-refractivity contribution in [2.24, 2.45) is 0 Å². The third kappa shape index (κ3) is 2.73. The largest absolute Gasteiger partial charge is 0.496 e. The average Bonchev–Trinajstić information content (AvgIpc) is 2.97. The van der Waals surface area contributed by atoms with E-state index in [-0.39, 0.29) is 0 Å². The lowest BCUT2D eigenvalue weighted by Crippen LogP contribution is -2.04. The molecule has 0 unspecified atom stereocenters. The quantitative estimate of drug-likeness (QED) is 0.824. The van der Waals surface area contributed by atoms with E-state index in [0.29, 0.717) is 11.8 Å². The van der Waals surface area contributed by atoms with Gasteiger partial charge in [0.25, 0.3) is 5.89 Å². The molecule has 1 heterocycles. The van der Waals surface area contributed by atoms with Crippen LogP contribution in [0.4, 0.5) is 0 Å². The van der Waals surface area contributed by atoms with Gasteiger partial charge in [-0.05, 0) is 31.0 Å². The van der Waals surface area contributed by atoms with E-state index in [1.54, 1.807) is 7.11 Å². The standard InChI is InChI=1S/C15H17BrN2O2/c1-19-13-9-11(16)7-8-12(13)15-18-17-14(20-15)10-5-3-2-4-6-10/h7-10H,2-6H2,1H3. The van der Waals surface area contributed by atoms with Crippen LogP contribution < -0.4 is 4.74 Å². The van der Waals surface area contributed by atoms with Crippen molar-refractivity contribution in [3.05, 3.63) is 28.6 Å². The van der Waals surface area contributed by atoms with Gasteiger partial charge in [-0.3, -0.25) is 0 Å². The molecule has 0 N–H and O–H groups in total. The minimum Gasteiger partial charge on any atom is -0.496 e. The molecule has 3 rings (SSSR count). The van der Waals surface area contributed by atoms with Crippen LogP contribution in [0.5, 0.6) is 5.75 Å². The molecule has 0 aliphatic heterocycles. The lowest BCUT2D eigenvalue weighted by Gasteiger charge is -2.17. The highest BCUT2D eigenvalue weighted by Crippen LogP contribution is 2.35. The van der Waals surface area contributed by atoms with Crippen LogP contribution in [0.1, 0.15) is 43.9 Å². The number of hydrogen-bond acceptors (Lipinski definition) is 4. The smallest absolute Gasteiger partial charge is 0.251 e. The van der Waals surface area contributed by atoms with Crippen LogP contribution in [0.15, 0.2) is 27.1 Å². The highest BCUT2D eigenvalue weighted by atomic mass is 79.9. The fraction of sp³-hybridized carbons (Fsp3) is 0.467. The van der Waals surface area contributed by atoms with Crippen molar-refractivity contribution in [2.45, 2.75) is 38.0 Å². The Morgan fingerprint density at radius 1 is 1.20 bits per heavy atom. The molecule has 0 radical (unpaired) electrons. The molecule has 1 aromatic heterocycles. The van der Waals surface area contributed by atoms with Gasteiger partial charge in [-0.1, -0.05) is 35.2 Å². The summed E-state index contributed by atoms with van der Waals surface area (Å²) in [5, 5.41) is 8.42. The molecule has 1 aliphatic rings. The molecule has 1 aliphatic carbocycles. The van der Waals surface area contributed by atoms with Gasteiger partial charge in [-0.15, -0.1) is 10.2 Å². The van der Waals surface area contributed by atoms with Gasteiger partial charge in [0.05, 0.1) is 12.7 Å². The summed E-state index contributed by atoms with van der Waals surface area (Å²) in [6, 6.07) is 5.78. The second-order valence-electron chi connectivity index (χ2n) is 5.12. The summed E-state index contributed by atoms with van der Waals surface area (Å²) in [6.45, 7) is 0. The van der Waals surface area contributed by atoms with E-state index in [2.05, 4.69) is 26.1 Å². The first-order valence-electron chi connectivity index (χ1n) is 6.95. The Morgan fingerprint density at radius 2 is 2.00 bits per heavy atom. The predicted octanol–water partition coefficient (Wildman–Crippen LogP) is 4.56. The van der Waals surface area contributed by atoms with E-state index < -0.39 is 0 Å². The lowest BCUT2D eigenvalue weighted by atomic mass is 9.89. The van der Waals surface area contributed by atoms with Crippen molar-refractivity contribution >= 4 is 15.9 Å². The molecule has 106 valence electrons. The summed E-state index contributed by atoms with van der Waals surface area (Å²) in [5.74, 6) is 2.46. The predicted molar refractivity (Wildman–Crippen MR) is 79.8 cm³/mol. The number of ether oxygens (including phenoxy) is 1. The zero-order valence-electron chi connectivity index (χ0n) is 11.4. The van der Waals surface area contributed by atoms with Gasteiger partial charge in [0.15, 0.2) is 0 Å². The van der Waals surface area contributed by atoms with Crippen molar-refractivity contribution in [2.75, 3.05) is 7.11 Å². The molecule has 0 bridgehead atoms. The van der Waals surface area contributed by atoms with Crippen molar-refractivity contribution in [1.29, 1.82) is 0 Å². The van der Waals surface area contributed by atoms with Crippen molar-refractivity contribution < 1.29 is 9.15 Å². The van der Waals surface area contributed by atoms with Gasteiger partial charge in [-0.25, -0.2) is 0 Å². The first-order chi connectivity index (χ1) is 9.78. The summed E-state index contributed by atoms with van der Waals surface area (Å²) in [6.07, 6.45) is 6.13. The maximum atomic E-state index is 5.87. The van der Waals surface area contributed by atoms with Crippen molar-refractivity contribution in [3.63, 3.8) is 0 Å². The summed E-state index contributed by atoms with van der Waals surface area (Å²) in [7, 11) is 1.64. The van der Waals surface area contributed by atoms with Crippen LogP contribution in [-0.4, -0.2) is 17.3 Å². The fourth-order valence-corrected chi connectivity index (χ4v) is 3.04. The highest BCUT2D eigenvalue weighted by Gasteiger charge is 2.22. The monoisotopic (exact) mass is 336 g/mol. The van der Waals surface area contributed by atoms with Crippen LogP contribution in [0.3, 0.4) is 0 Å². The minimum atomic E-state index is 0.423. The number of halogens is 1. The summed E-state index contributed by atoms with van der Waals surface area (Å²) >= 11 is 3.43. The molecule has 1 saturated carbocycles.